The van der Waals surface area contributed by atoms with Crippen LogP contribution in [-0.2, 0) is 11.3 Å². The number of rotatable bonds is 9. The molecule has 3 aromatic carbocycles. The van der Waals surface area contributed by atoms with E-state index in [0.29, 0.717) is 0 Å². The fraction of sp³-hybridized carbons (Fsp3) is 0.267. The SMILES string of the molecule is C=CCN(C(=O)OC(C)(C)C)c1c(OC)c(F)c(C)c(C(=O)Oc2ccccc2)c1OCc1ccccc1. The molecule has 0 heterocycles. The van der Waals surface area contributed by atoms with Gasteiger partial charge in [-0.1, -0.05) is 54.6 Å². The van der Waals surface area contributed by atoms with Crippen molar-refractivity contribution in [3.63, 3.8) is 0 Å². The molecule has 0 saturated heterocycles. The number of amides is 1. The van der Waals surface area contributed by atoms with Crippen LogP contribution in [0.25, 0.3) is 0 Å². The first-order chi connectivity index (χ1) is 18.1. The second-order valence-electron chi connectivity index (χ2n) is 9.38. The fourth-order valence-electron chi connectivity index (χ4n) is 3.67. The van der Waals surface area contributed by atoms with Crippen LogP contribution in [0.3, 0.4) is 0 Å². The molecule has 0 aliphatic rings. The minimum absolute atomic E-state index is 0.0178. The van der Waals surface area contributed by atoms with Crippen LogP contribution in [0.5, 0.6) is 17.2 Å². The lowest BCUT2D eigenvalue weighted by atomic mass is 10.0. The maximum absolute atomic E-state index is 15.8. The largest absolute Gasteiger partial charge is 0.491 e. The monoisotopic (exact) mass is 521 g/mol. The number of carbonyl (C=O) groups is 2. The van der Waals surface area contributed by atoms with Gasteiger partial charge in [-0.25, -0.2) is 14.0 Å². The first-order valence-corrected chi connectivity index (χ1v) is 12.0. The Hall–Kier alpha value is -4.33. The predicted octanol–water partition coefficient (Wildman–Crippen LogP) is 6.87. The van der Waals surface area contributed by atoms with Gasteiger partial charge in [0.15, 0.2) is 17.3 Å². The lowest BCUT2D eigenvalue weighted by Crippen LogP contribution is -2.38. The maximum atomic E-state index is 15.8. The Morgan fingerprint density at radius 2 is 1.61 bits per heavy atom. The third-order valence-electron chi connectivity index (χ3n) is 5.34. The topological polar surface area (TPSA) is 74.3 Å². The standard InChI is InChI=1S/C30H32FNO6/c1-7-18-32(29(34)38-30(3,4)5)25-26(36-19-21-14-10-8-11-15-21)23(20(2)24(31)27(25)35-6)28(33)37-22-16-12-9-13-17-22/h7-17H,1,18-19H2,2-6H3. The lowest BCUT2D eigenvalue weighted by Gasteiger charge is -2.30. The molecule has 0 radical (unpaired) electrons. The lowest BCUT2D eigenvalue weighted by molar-refractivity contribution is 0.0580. The van der Waals surface area contributed by atoms with Crippen LogP contribution in [0.4, 0.5) is 14.9 Å². The van der Waals surface area contributed by atoms with Gasteiger partial charge in [-0.15, -0.1) is 6.58 Å². The molecule has 0 N–H and O–H groups in total. The van der Waals surface area contributed by atoms with Crippen LogP contribution in [0.15, 0.2) is 73.3 Å². The van der Waals surface area contributed by atoms with E-state index in [2.05, 4.69) is 6.58 Å². The van der Waals surface area contributed by atoms with Crippen LogP contribution in [0, 0.1) is 12.7 Å². The Morgan fingerprint density at radius 1 is 1.00 bits per heavy atom. The summed E-state index contributed by atoms with van der Waals surface area (Å²) in [6, 6.07) is 17.6. The van der Waals surface area contributed by atoms with Gasteiger partial charge in [-0.2, -0.15) is 0 Å². The highest BCUT2D eigenvalue weighted by Gasteiger charge is 2.35. The smallest absolute Gasteiger partial charge is 0.415 e. The molecular weight excluding hydrogens is 489 g/mol. The van der Waals surface area contributed by atoms with E-state index in [0.717, 1.165) is 10.5 Å². The van der Waals surface area contributed by atoms with Crippen molar-refractivity contribution in [2.75, 3.05) is 18.6 Å². The van der Waals surface area contributed by atoms with Gasteiger partial charge in [-0.05, 0) is 45.4 Å². The first kappa shape index (κ1) is 28.2. The number of nitrogens with zero attached hydrogens (tertiary/aromatic N) is 1. The minimum atomic E-state index is -0.859. The molecule has 1 amide bonds. The summed E-state index contributed by atoms with van der Waals surface area (Å²) in [5.74, 6) is -1.80. The Morgan fingerprint density at radius 3 is 2.16 bits per heavy atom. The van der Waals surface area contributed by atoms with Crippen molar-refractivity contribution in [3.05, 3.63) is 95.8 Å². The second-order valence-corrected chi connectivity index (χ2v) is 9.38. The van der Waals surface area contributed by atoms with E-state index in [1.165, 1.54) is 20.1 Å². The summed E-state index contributed by atoms with van der Waals surface area (Å²) in [6.07, 6.45) is 0.648. The summed E-state index contributed by atoms with van der Waals surface area (Å²) < 4.78 is 38.5. The number of carbonyl (C=O) groups excluding carboxylic acids is 2. The van der Waals surface area contributed by atoms with E-state index in [1.807, 2.05) is 30.3 Å². The summed E-state index contributed by atoms with van der Waals surface area (Å²) in [5.41, 5.74) is -0.421. The van der Waals surface area contributed by atoms with Gasteiger partial charge < -0.3 is 18.9 Å². The van der Waals surface area contributed by atoms with Crippen molar-refractivity contribution in [1.29, 1.82) is 0 Å². The van der Waals surface area contributed by atoms with Gasteiger partial charge in [0.2, 0.25) is 0 Å². The van der Waals surface area contributed by atoms with E-state index in [9.17, 15) is 9.59 Å². The maximum Gasteiger partial charge on any atom is 0.415 e. The normalized spacial score (nSPS) is 10.9. The molecular formula is C30H32FNO6. The molecule has 0 spiro atoms. The molecule has 200 valence electrons. The van der Waals surface area contributed by atoms with Crippen molar-refractivity contribution >= 4 is 17.7 Å². The van der Waals surface area contributed by atoms with Crippen molar-refractivity contribution in [2.24, 2.45) is 0 Å². The quantitative estimate of drug-likeness (QED) is 0.174. The zero-order valence-corrected chi connectivity index (χ0v) is 22.2. The highest BCUT2D eigenvalue weighted by Crippen LogP contribution is 2.46. The molecule has 7 nitrogen and oxygen atoms in total. The average molecular weight is 522 g/mol. The van der Waals surface area contributed by atoms with Gasteiger partial charge in [0.05, 0.1) is 7.11 Å². The van der Waals surface area contributed by atoms with E-state index in [4.69, 9.17) is 18.9 Å². The molecule has 0 unspecified atom stereocenters. The van der Waals surface area contributed by atoms with Gasteiger partial charge in [0, 0.05) is 12.1 Å². The van der Waals surface area contributed by atoms with E-state index in [1.54, 1.807) is 51.1 Å². The van der Waals surface area contributed by atoms with Gasteiger partial charge in [-0.3, -0.25) is 4.90 Å². The molecule has 3 aromatic rings. The van der Waals surface area contributed by atoms with E-state index >= 15 is 4.39 Å². The molecule has 0 atom stereocenters. The number of anilines is 1. The molecule has 38 heavy (non-hydrogen) atoms. The Bertz CT molecular complexity index is 1290. The molecule has 0 aliphatic heterocycles. The molecule has 0 aromatic heterocycles. The number of halogens is 1. The number of hydrogen-bond acceptors (Lipinski definition) is 6. The van der Waals surface area contributed by atoms with Crippen molar-refractivity contribution in [3.8, 4) is 17.2 Å². The van der Waals surface area contributed by atoms with Crippen molar-refractivity contribution in [1.82, 2.24) is 0 Å². The highest BCUT2D eigenvalue weighted by molar-refractivity contribution is 6.02. The molecule has 0 aliphatic carbocycles. The third kappa shape index (κ3) is 6.70. The van der Waals surface area contributed by atoms with Gasteiger partial charge in [0.25, 0.3) is 0 Å². The summed E-state index contributed by atoms with van der Waals surface area (Å²) in [6.45, 7) is 10.2. The van der Waals surface area contributed by atoms with Crippen LogP contribution in [-0.4, -0.2) is 31.3 Å². The molecule has 8 heteroatoms. The zero-order valence-electron chi connectivity index (χ0n) is 22.2. The number of para-hydroxylation sites is 1. The highest BCUT2D eigenvalue weighted by atomic mass is 19.1. The minimum Gasteiger partial charge on any atom is -0.491 e. The number of ether oxygens (including phenoxy) is 4. The second kappa shape index (κ2) is 12.3. The van der Waals surface area contributed by atoms with E-state index in [-0.39, 0.29) is 47.2 Å². The Kier molecular flexibility index (Phi) is 9.12. The summed E-state index contributed by atoms with van der Waals surface area (Å²) in [4.78, 5) is 27.9. The molecule has 0 bridgehead atoms. The van der Waals surface area contributed by atoms with Crippen LogP contribution in [0.1, 0.15) is 42.3 Å². The van der Waals surface area contributed by atoms with Crippen LogP contribution in [0.2, 0.25) is 0 Å². The van der Waals surface area contributed by atoms with Crippen molar-refractivity contribution in [2.45, 2.75) is 39.9 Å². The van der Waals surface area contributed by atoms with Gasteiger partial charge >= 0.3 is 12.1 Å². The summed E-state index contributed by atoms with van der Waals surface area (Å²) in [5, 5.41) is 0. The Balaban J connectivity index is 2.26. The van der Waals surface area contributed by atoms with Crippen LogP contribution < -0.4 is 19.1 Å². The number of methoxy groups -OCH3 is 1. The number of hydrogen-bond donors (Lipinski definition) is 0. The summed E-state index contributed by atoms with van der Waals surface area (Å²) in [7, 11) is 1.27. The Labute approximate surface area is 222 Å². The first-order valence-electron chi connectivity index (χ1n) is 12.0. The molecule has 0 fully saturated rings. The zero-order chi connectivity index (χ0) is 27.9. The predicted molar refractivity (Wildman–Crippen MR) is 144 cm³/mol. The molecule has 3 rings (SSSR count). The van der Waals surface area contributed by atoms with Crippen molar-refractivity contribution < 1.29 is 32.9 Å². The van der Waals surface area contributed by atoms with Gasteiger partial charge in [0.1, 0.15) is 29.2 Å². The number of benzene rings is 3. The summed E-state index contributed by atoms with van der Waals surface area (Å²) >= 11 is 0. The fourth-order valence-corrected chi connectivity index (χ4v) is 3.67. The van der Waals surface area contributed by atoms with E-state index < -0.39 is 23.5 Å². The average Bonchev–Trinajstić information content (AvgIpc) is 2.87. The van der Waals surface area contributed by atoms with Crippen LogP contribution >= 0.6 is 0 Å². The molecule has 0 saturated carbocycles. The third-order valence-corrected chi connectivity index (χ3v) is 5.34. The number of esters is 1.